The smallest absolute Gasteiger partial charge is 0.378 e. The van der Waals surface area contributed by atoms with Crippen LogP contribution < -0.4 is 5.73 Å². The molecule has 2 aromatic rings. The monoisotopic (exact) mass is 179 g/mol. The minimum Gasteiger partial charge on any atom is -0.378 e. The Hall–Kier alpha value is -2.18. The van der Waals surface area contributed by atoms with E-state index in [0.29, 0.717) is 5.65 Å². The molecule has 0 saturated heterocycles. The van der Waals surface area contributed by atoms with Crippen molar-refractivity contribution in [1.29, 1.82) is 0 Å². The van der Waals surface area contributed by atoms with Gasteiger partial charge in [-0.15, -0.1) is 0 Å². The van der Waals surface area contributed by atoms with E-state index < -0.39 is 10.7 Å². The number of rotatable bonds is 1. The maximum atomic E-state index is 10.4. The number of nitrogens with zero attached hydrogens (tertiary/aromatic N) is 4. The summed E-state index contributed by atoms with van der Waals surface area (Å²) in [4.78, 5) is 9.73. The van der Waals surface area contributed by atoms with Crippen LogP contribution in [-0.4, -0.2) is 19.5 Å². The molecule has 0 aliphatic heterocycles. The molecule has 0 amide bonds. The fourth-order valence-electron chi connectivity index (χ4n) is 1.04. The SMILES string of the molecule is Nc1c([N+](=O)[O-])nnc2cccn12. The van der Waals surface area contributed by atoms with Gasteiger partial charge in [0.2, 0.25) is 5.82 Å². The zero-order valence-electron chi connectivity index (χ0n) is 6.41. The van der Waals surface area contributed by atoms with E-state index in [2.05, 4.69) is 10.2 Å². The molecule has 2 rings (SSSR count). The molecule has 2 aromatic heterocycles. The summed E-state index contributed by atoms with van der Waals surface area (Å²) in [7, 11) is 0. The minimum atomic E-state index is -0.665. The first-order chi connectivity index (χ1) is 6.20. The molecule has 0 aliphatic rings. The van der Waals surface area contributed by atoms with Crippen LogP contribution in [0.4, 0.5) is 11.6 Å². The predicted octanol–water partition coefficient (Wildman–Crippen LogP) is 0.220. The Labute approximate surface area is 72.0 Å². The lowest BCUT2D eigenvalue weighted by molar-refractivity contribution is -0.389. The molecule has 2 N–H and O–H groups in total. The number of aromatic nitrogens is 3. The predicted molar refractivity (Wildman–Crippen MR) is 44.1 cm³/mol. The molecule has 0 aliphatic carbocycles. The molecule has 0 unspecified atom stereocenters. The first-order valence-electron chi connectivity index (χ1n) is 3.44. The second kappa shape index (κ2) is 2.41. The third-order valence-corrected chi connectivity index (χ3v) is 1.64. The molecule has 2 heterocycles. The van der Waals surface area contributed by atoms with Crippen molar-refractivity contribution in [2.75, 3.05) is 5.73 Å². The average Bonchev–Trinajstić information content (AvgIpc) is 2.52. The van der Waals surface area contributed by atoms with Crippen LogP contribution in [0.5, 0.6) is 0 Å². The highest BCUT2D eigenvalue weighted by molar-refractivity contribution is 5.54. The highest BCUT2D eigenvalue weighted by Crippen LogP contribution is 2.17. The molecule has 7 nitrogen and oxygen atoms in total. The van der Waals surface area contributed by atoms with Crippen LogP contribution in [-0.2, 0) is 0 Å². The normalized spacial score (nSPS) is 10.5. The van der Waals surface area contributed by atoms with Gasteiger partial charge in [-0.25, -0.2) is 0 Å². The quantitative estimate of drug-likeness (QED) is 0.498. The van der Waals surface area contributed by atoms with E-state index in [1.54, 1.807) is 18.3 Å². The Bertz CT molecular complexity index is 477. The van der Waals surface area contributed by atoms with Gasteiger partial charge in [-0.2, -0.15) is 0 Å². The van der Waals surface area contributed by atoms with Gasteiger partial charge in [0.25, 0.3) is 0 Å². The summed E-state index contributed by atoms with van der Waals surface area (Å²) in [6, 6.07) is 3.34. The van der Waals surface area contributed by atoms with Gasteiger partial charge in [-0.05, 0) is 22.2 Å². The Morgan fingerprint density at radius 2 is 2.31 bits per heavy atom. The topological polar surface area (TPSA) is 99.3 Å². The van der Waals surface area contributed by atoms with Gasteiger partial charge >= 0.3 is 5.82 Å². The van der Waals surface area contributed by atoms with Gasteiger partial charge in [0, 0.05) is 6.20 Å². The van der Waals surface area contributed by atoms with Crippen molar-refractivity contribution in [1.82, 2.24) is 14.6 Å². The molecule has 66 valence electrons. The van der Waals surface area contributed by atoms with Gasteiger partial charge in [-0.1, -0.05) is 0 Å². The summed E-state index contributed by atoms with van der Waals surface area (Å²) in [5, 5.41) is 17.4. The number of nitrogens with two attached hydrogens (primary N) is 1. The standard InChI is InChI=1S/C6H5N5O2/c7-5-6(11(12)13)9-8-4-2-1-3-10(4)5/h1-3H,7H2. The lowest BCUT2D eigenvalue weighted by Crippen LogP contribution is -2.05. The van der Waals surface area contributed by atoms with Gasteiger partial charge in [0.1, 0.15) is 0 Å². The van der Waals surface area contributed by atoms with Crippen molar-refractivity contribution in [2.24, 2.45) is 0 Å². The van der Waals surface area contributed by atoms with Crippen LogP contribution in [0.3, 0.4) is 0 Å². The number of hydrogen-bond donors (Lipinski definition) is 1. The second-order valence-electron chi connectivity index (χ2n) is 2.40. The zero-order chi connectivity index (χ0) is 9.42. The van der Waals surface area contributed by atoms with E-state index in [4.69, 9.17) is 5.73 Å². The second-order valence-corrected chi connectivity index (χ2v) is 2.40. The molecule has 0 aromatic carbocycles. The van der Waals surface area contributed by atoms with Crippen molar-refractivity contribution in [3.05, 3.63) is 28.4 Å². The van der Waals surface area contributed by atoms with Crippen LogP contribution in [0.15, 0.2) is 18.3 Å². The van der Waals surface area contributed by atoms with Gasteiger partial charge in [-0.3, -0.25) is 4.40 Å². The number of nitrogen functional groups attached to an aromatic ring is 1. The van der Waals surface area contributed by atoms with E-state index in [0.717, 1.165) is 0 Å². The van der Waals surface area contributed by atoms with Crippen LogP contribution in [0.25, 0.3) is 5.65 Å². The van der Waals surface area contributed by atoms with Crippen molar-refractivity contribution in [2.45, 2.75) is 0 Å². The number of nitro groups is 1. The third kappa shape index (κ3) is 0.975. The number of fused-ring (bicyclic) bond motifs is 1. The lowest BCUT2D eigenvalue weighted by atomic mass is 10.6. The van der Waals surface area contributed by atoms with E-state index in [1.165, 1.54) is 4.40 Å². The summed E-state index contributed by atoms with van der Waals surface area (Å²) in [5.41, 5.74) is 5.97. The Morgan fingerprint density at radius 1 is 1.54 bits per heavy atom. The average molecular weight is 179 g/mol. The molecular formula is C6H5N5O2. The highest BCUT2D eigenvalue weighted by atomic mass is 16.6. The fraction of sp³-hybridized carbons (Fsp3) is 0. The first kappa shape index (κ1) is 7.47. The Morgan fingerprint density at radius 3 is 3.00 bits per heavy atom. The van der Waals surface area contributed by atoms with E-state index >= 15 is 0 Å². The fourth-order valence-corrected chi connectivity index (χ4v) is 1.04. The Kier molecular flexibility index (Phi) is 1.38. The van der Waals surface area contributed by atoms with Crippen LogP contribution in [0, 0.1) is 10.1 Å². The molecule has 0 bridgehead atoms. The summed E-state index contributed by atoms with van der Waals surface area (Å²) < 4.78 is 1.41. The van der Waals surface area contributed by atoms with Gasteiger partial charge in [0.05, 0.1) is 5.10 Å². The van der Waals surface area contributed by atoms with E-state index in [-0.39, 0.29) is 5.82 Å². The molecule has 0 radical (unpaired) electrons. The van der Waals surface area contributed by atoms with Gasteiger partial charge in [0.15, 0.2) is 5.65 Å². The van der Waals surface area contributed by atoms with Crippen molar-refractivity contribution in [3.63, 3.8) is 0 Å². The van der Waals surface area contributed by atoms with Gasteiger partial charge < -0.3 is 15.8 Å². The molecule has 0 spiro atoms. The maximum Gasteiger partial charge on any atom is 0.431 e. The number of anilines is 1. The summed E-state index contributed by atoms with van der Waals surface area (Å²) in [5.74, 6) is -0.441. The molecule has 13 heavy (non-hydrogen) atoms. The molecular weight excluding hydrogens is 174 g/mol. The zero-order valence-corrected chi connectivity index (χ0v) is 6.41. The summed E-state index contributed by atoms with van der Waals surface area (Å²) in [6.07, 6.45) is 1.59. The van der Waals surface area contributed by atoms with Crippen molar-refractivity contribution < 1.29 is 4.92 Å². The van der Waals surface area contributed by atoms with Crippen LogP contribution >= 0.6 is 0 Å². The largest absolute Gasteiger partial charge is 0.431 e. The van der Waals surface area contributed by atoms with Crippen molar-refractivity contribution >= 4 is 17.3 Å². The lowest BCUT2D eigenvalue weighted by Gasteiger charge is -1.97. The molecule has 7 heteroatoms. The first-order valence-corrected chi connectivity index (χ1v) is 3.44. The molecule has 0 atom stereocenters. The van der Waals surface area contributed by atoms with Crippen LogP contribution in [0.1, 0.15) is 0 Å². The third-order valence-electron chi connectivity index (χ3n) is 1.64. The van der Waals surface area contributed by atoms with E-state index in [1.807, 2.05) is 0 Å². The van der Waals surface area contributed by atoms with E-state index in [9.17, 15) is 10.1 Å². The summed E-state index contributed by atoms with van der Waals surface area (Å²) >= 11 is 0. The summed E-state index contributed by atoms with van der Waals surface area (Å²) in [6.45, 7) is 0. The van der Waals surface area contributed by atoms with Crippen LogP contribution in [0.2, 0.25) is 0 Å². The Balaban J connectivity index is 2.80. The maximum absolute atomic E-state index is 10.4. The number of hydrogen-bond acceptors (Lipinski definition) is 5. The van der Waals surface area contributed by atoms with Crippen molar-refractivity contribution in [3.8, 4) is 0 Å². The highest BCUT2D eigenvalue weighted by Gasteiger charge is 2.17. The minimum absolute atomic E-state index is 0.0139. The molecule has 0 saturated carbocycles. The molecule has 0 fully saturated rings.